The quantitative estimate of drug-likeness (QED) is 0.828. The zero-order valence-corrected chi connectivity index (χ0v) is 15.0. The van der Waals surface area contributed by atoms with Crippen molar-refractivity contribution in [1.82, 2.24) is 4.90 Å². The fourth-order valence-electron chi connectivity index (χ4n) is 3.02. The third-order valence-electron chi connectivity index (χ3n) is 4.40. The fraction of sp³-hybridized carbons (Fsp3) is 0.238. The van der Waals surface area contributed by atoms with Crippen LogP contribution in [0, 0.1) is 0 Å². The highest BCUT2D eigenvalue weighted by Crippen LogP contribution is 2.30. The van der Waals surface area contributed by atoms with Crippen molar-refractivity contribution in [1.29, 1.82) is 0 Å². The smallest absolute Gasteiger partial charge is 0.258 e. The Morgan fingerprint density at radius 1 is 1.00 bits per heavy atom. The third kappa shape index (κ3) is 3.47. The lowest BCUT2D eigenvalue weighted by Gasteiger charge is -2.35. The molecule has 1 amide bonds. The van der Waals surface area contributed by atoms with Crippen LogP contribution in [-0.2, 0) is 4.79 Å². The van der Waals surface area contributed by atoms with Gasteiger partial charge in [-0.15, -0.1) is 0 Å². The first-order chi connectivity index (χ1) is 12.7. The molecule has 0 radical (unpaired) electrons. The summed E-state index contributed by atoms with van der Waals surface area (Å²) < 4.78 is 5.43. The van der Waals surface area contributed by atoms with Crippen molar-refractivity contribution in [3.05, 3.63) is 72.1 Å². The Bertz CT molecular complexity index is 830. The maximum atomic E-state index is 12.9. The van der Waals surface area contributed by atoms with Crippen LogP contribution in [0.25, 0.3) is 0 Å². The number of rotatable bonds is 5. The van der Waals surface area contributed by atoms with Crippen LogP contribution in [-0.4, -0.2) is 36.8 Å². The number of para-hydroxylation sites is 2. The van der Waals surface area contributed by atoms with E-state index in [0.717, 1.165) is 11.4 Å². The molecule has 0 unspecified atom stereocenters. The maximum absolute atomic E-state index is 12.9. The molecule has 0 aliphatic carbocycles. The van der Waals surface area contributed by atoms with Crippen molar-refractivity contribution in [3.63, 3.8) is 0 Å². The Balaban J connectivity index is 1.97. The van der Waals surface area contributed by atoms with Crippen molar-refractivity contribution in [2.75, 3.05) is 25.1 Å². The summed E-state index contributed by atoms with van der Waals surface area (Å²) in [6.07, 6.45) is 2.10. The number of benzene rings is 2. The van der Waals surface area contributed by atoms with Crippen LogP contribution >= 0.6 is 0 Å². The number of ketones is 1. The fourth-order valence-corrected chi connectivity index (χ4v) is 3.02. The third-order valence-corrected chi connectivity index (χ3v) is 4.40. The molecule has 2 aromatic carbocycles. The molecule has 0 saturated heterocycles. The number of carbonyl (C=O) groups excluding carboxylic acids is 2. The number of carbonyl (C=O) groups is 2. The minimum atomic E-state index is -0.154. The Morgan fingerprint density at radius 2 is 1.69 bits per heavy atom. The minimum absolute atomic E-state index is 0.0612. The summed E-state index contributed by atoms with van der Waals surface area (Å²) in [6, 6.07) is 16.7. The second-order valence-corrected chi connectivity index (χ2v) is 5.98. The summed E-state index contributed by atoms with van der Waals surface area (Å²) in [5.41, 5.74) is 1.87. The van der Waals surface area contributed by atoms with Gasteiger partial charge < -0.3 is 14.5 Å². The van der Waals surface area contributed by atoms with Gasteiger partial charge in [-0.2, -0.15) is 0 Å². The molecule has 1 heterocycles. The van der Waals surface area contributed by atoms with Crippen molar-refractivity contribution in [2.24, 2.45) is 0 Å². The molecular weight excluding hydrogens is 328 g/mol. The predicted molar refractivity (Wildman–Crippen MR) is 101 cm³/mol. The van der Waals surface area contributed by atoms with E-state index in [1.54, 1.807) is 37.3 Å². The van der Waals surface area contributed by atoms with Crippen LogP contribution in [0.2, 0.25) is 0 Å². The van der Waals surface area contributed by atoms with Gasteiger partial charge in [0.15, 0.2) is 5.78 Å². The molecule has 26 heavy (non-hydrogen) atoms. The average molecular weight is 350 g/mol. The Morgan fingerprint density at radius 3 is 2.38 bits per heavy atom. The standard InChI is InChI=1S/C21H22N2O3/c1-3-19(24)18-15-22(17-11-7-8-12-20(17)26-2)13-14-23(18)21(25)16-9-5-4-6-10-16/h4-12,15H,3,13-14H2,1-2H3. The first-order valence-corrected chi connectivity index (χ1v) is 8.67. The lowest BCUT2D eigenvalue weighted by molar-refractivity contribution is -0.116. The van der Waals surface area contributed by atoms with Gasteiger partial charge in [0.2, 0.25) is 0 Å². The van der Waals surface area contributed by atoms with Gasteiger partial charge in [-0.3, -0.25) is 9.59 Å². The highest BCUT2D eigenvalue weighted by Gasteiger charge is 2.29. The molecule has 0 fully saturated rings. The molecular formula is C21H22N2O3. The van der Waals surface area contributed by atoms with Crippen LogP contribution in [0.15, 0.2) is 66.5 Å². The number of anilines is 1. The molecule has 0 aromatic heterocycles. The Kier molecular flexibility index (Phi) is 5.37. The summed E-state index contributed by atoms with van der Waals surface area (Å²) >= 11 is 0. The van der Waals surface area contributed by atoms with E-state index in [0.29, 0.717) is 30.8 Å². The average Bonchev–Trinajstić information content (AvgIpc) is 2.72. The van der Waals surface area contributed by atoms with Gasteiger partial charge in [0.25, 0.3) is 5.91 Å². The SMILES string of the molecule is CCC(=O)C1=CN(c2ccccc2OC)CCN1C(=O)c1ccccc1. The Hall–Kier alpha value is -3.08. The molecule has 0 spiro atoms. The zero-order chi connectivity index (χ0) is 18.5. The van der Waals surface area contributed by atoms with Gasteiger partial charge in [-0.05, 0) is 24.3 Å². The molecule has 0 saturated carbocycles. The van der Waals surface area contributed by atoms with Crippen molar-refractivity contribution < 1.29 is 14.3 Å². The van der Waals surface area contributed by atoms with Crippen molar-refractivity contribution in [2.45, 2.75) is 13.3 Å². The second-order valence-electron chi connectivity index (χ2n) is 5.98. The molecule has 0 atom stereocenters. The van der Waals surface area contributed by atoms with Crippen LogP contribution in [0.5, 0.6) is 5.75 Å². The van der Waals surface area contributed by atoms with Crippen molar-refractivity contribution >= 4 is 17.4 Å². The normalized spacial score (nSPS) is 14.0. The molecule has 1 aliphatic rings. The maximum Gasteiger partial charge on any atom is 0.258 e. The first-order valence-electron chi connectivity index (χ1n) is 8.67. The van der Waals surface area contributed by atoms with Gasteiger partial charge >= 0.3 is 0 Å². The first kappa shape index (κ1) is 17.7. The predicted octanol–water partition coefficient (Wildman–Crippen LogP) is 3.48. The lowest BCUT2D eigenvalue weighted by Crippen LogP contribution is -2.44. The van der Waals surface area contributed by atoms with Crippen LogP contribution in [0.3, 0.4) is 0 Å². The van der Waals surface area contributed by atoms with Gasteiger partial charge in [-0.25, -0.2) is 0 Å². The number of allylic oxidation sites excluding steroid dienone is 1. The number of methoxy groups -OCH3 is 1. The van der Waals surface area contributed by atoms with Gasteiger partial charge in [0.05, 0.1) is 12.8 Å². The molecule has 0 bridgehead atoms. The number of Topliss-reactive ketones (excluding diaryl/α,β-unsaturated/α-hetero) is 1. The van der Waals surface area contributed by atoms with E-state index in [-0.39, 0.29) is 11.7 Å². The molecule has 5 nitrogen and oxygen atoms in total. The largest absolute Gasteiger partial charge is 0.495 e. The second kappa shape index (κ2) is 7.87. The van der Waals surface area contributed by atoms with Crippen molar-refractivity contribution in [3.8, 4) is 5.75 Å². The summed E-state index contributed by atoms with van der Waals surface area (Å²) in [6.45, 7) is 2.82. The number of ether oxygens (including phenoxy) is 1. The van der Waals surface area contributed by atoms with E-state index in [9.17, 15) is 9.59 Å². The van der Waals surface area contributed by atoms with Crippen LogP contribution in [0.4, 0.5) is 5.69 Å². The minimum Gasteiger partial charge on any atom is -0.495 e. The summed E-state index contributed by atoms with van der Waals surface area (Å²) in [5.74, 6) is 0.516. The van der Waals surface area contributed by atoms with Crippen LogP contribution in [0.1, 0.15) is 23.7 Å². The lowest BCUT2D eigenvalue weighted by atomic mass is 10.1. The number of hydrogen-bond acceptors (Lipinski definition) is 4. The topological polar surface area (TPSA) is 49.9 Å². The highest BCUT2D eigenvalue weighted by atomic mass is 16.5. The molecule has 2 aromatic rings. The van der Waals surface area contributed by atoms with E-state index >= 15 is 0 Å². The summed E-state index contributed by atoms with van der Waals surface area (Å²) in [7, 11) is 1.62. The number of amides is 1. The highest BCUT2D eigenvalue weighted by molar-refractivity contribution is 6.04. The molecule has 3 rings (SSSR count). The van der Waals surface area contributed by atoms with Gasteiger partial charge in [0.1, 0.15) is 11.4 Å². The number of nitrogens with zero attached hydrogens (tertiary/aromatic N) is 2. The molecule has 0 N–H and O–H groups in total. The van der Waals surface area contributed by atoms with Gasteiger partial charge in [-0.1, -0.05) is 37.3 Å². The van der Waals surface area contributed by atoms with E-state index < -0.39 is 0 Å². The zero-order valence-electron chi connectivity index (χ0n) is 15.0. The van der Waals surface area contributed by atoms with Gasteiger partial charge in [0, 0.05) is 31.3 Å². The summed E-state index contributed by atoms with van der Waals surface area (Å²) in [4.78, 5) is 29.0. The van der Waals surface area contributed by atoms with Crippen LogP contribution < -0.4 is 9.64 Å². The Labute approximate surface area is 153 Å². The van der Waals surface area contributed by atoms with E-state index in [2.05, 4.69) is 0 Å². The van der Waals surface area contributed by atoms with E-state index in [1.165, 1.54) is 0 Å². The van der Waals surface area contributed by atoms with E-state index in [4.69, 9.17) is 4.74 Å². The monoisotopic (exact) mass is 350 g/mol. The summed E-state index contributed by atoms with van der Waals surface area (Å²) in [5, 5.41) is 0. The number of hydrogen-bond donors (Lipinski definition) is 0. The molecule has 1 aliphatic heterocycles. The molecule has 5 heteroatoms. The van der Waals surface area contributed by atoms with E-state index in [1.807, 2.05) is 47.4 Å². The molecule has 134 valence electrons.